The maximum atomic E-state index is 5.74. The Bertz CT molecular complexity index is 417. The molecule has 0 radical (unpaired) electrons. The molecule has 2 aliphatic heterocycles. The zero-order valence-corrected chi connectivity index (χ0v) is 13.0. The zero-order chi connectivity index (χ0) is 14.5. The standard InChI is InChI=1S/C17H27N3O/c1-2-20-9-5-16(6-10-20)19-17-13-21-12-15(17)11-14-3-7-18-8-4-14/h3-4,7-8,15-17,19H,2,5-6,9-13H2,1H3/t15-,17+/m1/s1. The summed E-state index contributed by atoms with van der Waals surface area (Å²) in [4.78, 5) is 6.64. The van der Waals surface area contributed by atoms with Crippen molar-refractivity contribution in [2.45, 2.75) is 38.3 Å². The van der Waals surface area contributed by atoms with E-state index in [0.29, 0.717) is 18.0 Å². The second-order valence-corrected chi connectivity index (χ2v) is 6.34. The molecular weight excluding hydrogens is 262 g/mol. The minimum Gasteiger partial charge on any atom is -0.379 e. The topological polar surface area (TPSA) is 37.4 Å². The number of likely N-dealkylation sites (tertiary alicyclic amines) is 1. The molecule has 1 N–H and O–H groups in total. The van der Waals surface area contributed by atoms with Crippen molar-refractivity contribution in [3.05, 3.63) is 30.1 Å². The minimum atomic E-state index is 0.511. The third-order valence-electron chi connectivity index (χ3n) is 4.93. The first-order valence-corrected chi connectivity index (χ1v) is 8.30. The normalized spacial score (nSPS) is 28.0. The van der Waals surface area contributed by atoms with E-state index in [4.69, 9.17) is 4.74 Å². The van der Waals surface area contributed by atoms with E-state index in [1.165, 1.54) is 38.0 Å². The van der Waals surface area contributed by atoms with Crippen LogP contribution in [0.5, 0.6) is 0 Å². The van der Waals surface area contributed by atoms with Gasteiger partial charge in [0.2, 0.25) is 0 Å². The first-order valence-electron chi connectivity index (χ1n) is 8.30. The van der Waals surface area contributed by atoms with Gasteiger partial charge < -0.3 is 15.0 Å². The number of piperidine rings is 1. The maximum absolute atomic E-state index is 5.74. The van der Waals surface area contributed by atoms with Gasteiger partial charge in [0.1, 0.15) is 0 Å². The fourth-order valence-electron chi connectivity index (χ4n) is 3.52. The van der Waals surface area contributed by atoms with Crippen LogP contribution in [0.15, 0.2) is 24.5 Å². The molecule has 0 saturated carbocycles. The van der Waals surface area contributed by atoms with Gasteiger partial charge >= 0.3 is 0 Å². The number of aromatic nitrogens is 1. The van der Waals surface area contributed by atoms with Crippen LogP contribution in [-0.2, 0) is 11.2 Å². The molecule has 116 valence electrons. The smallest absolute Gasteiger partial charge is 0.0623 e. The summed E-state index contributed by atoms with van der Waals surface area (Å²) in [5.41, 5.74) is 1.37. The molecule has 21 heavy (non-hydrogen) atoms. The van der Waals surface area contributed by atoms with Crippen LogP contribution in [0.1, 0.15) is 25.3 Å². The number of nitrogens with zero attached hydrogens (tertiary/aromatic N) is 2. The van der Waals surface area contributed by atoms with Gasteiger partial charge in [-0.15, -0.1) is 0 Å². The summed E-state index contributed by atoms with van der Waals surface area (Å²) in [6.07, 6.45) is 7.40. The Hall–Kier alpha value is -0.970. The quantitative estimate of drug-likeness (QED) is 0.895. The molecule has 1 aromatic rings. The Morgan fingerprint density at radius 3 is 2.71 bits per heavy atom. The molecule has 2 atom stereocenters. The Balaban J connectivity index is 1.50. The number of ether oxygens (including phenoxy) is 1. The van der Waals surface area contributed by atoms with E-state index in [2.05, 4.69) is 34.3 Å². The number of rotatable bonds is 5. The first-order chi connectivity index (χ1) is 10.3. The van der Waals surface area contributed by atoms with Gasteiger partial charge in [-0.25, -0.2) is 0 Å². The second kappa shape index (κ2) is 7.34. The lowest BCUT2D eigenvalue weighted by Gasteiger charge is -2.34. The average Bonchev–Trinajstić information content (AvgIpc) is 2.96. The van der Waals surface area contributed by atoms with E-state index in [0.717, 1.165) is 19.6 Å². The molecule has 2 fully saturated rings. The fourth-order valence-corrected chi connectivity index (χ4v) is 3.52. The van der Waals surface area contributed by atoms with Crippen LogP contribution in [0, 0.1) is 5.92 Å². The van der Waals surface area contributed by atoms with Crippen LogP contribution < -0.4 is 5.32 Å². The molecule has 0 bridgehead atoms. The third kappa shape index (κ3) is 4.02. The Kier molecular flexibility index (Phi) is 5.22. The molecule has 4 nitrogen and oxygen atoms in total. The number of nitrogens with one attached hydrogen (secondary N) is 1. The van der Waals surface area contributed by atoms with Gasteiger partial charge in [-0.3, -0.25) is 4.98 Å². The van der Waals surface area contributed by atoms with Gasteiger partial charge in [-0.2, -0.15) is 0 Å². The van der Waals surface area contributed by atoms with E-state index in [1.807, 2.05) is 12.4 Å². The molecule has 0 unspecified atom stereocenters. The molecule has 1 aromatic heterocycles. The van der Waals surface area contributed by atoms with E-state index in [9.17, 15) is 0 Å². The summed E-state index contributed by atoms with van der Waals surface area (Å²) in [5, 5.41) is 3.87. The molecular formula is C17H27N3O. The van der Waals surface area contributed by atoms with Crippen LogP contribution in [-0.4, -0.2) is 54.8 Å². The SMILES string of the molecule is CCN1CCC(N[C@H]2COC[C@H]2Cc2ccncc2)CC1. The third-order valence-corrected chi connectivity index (χ3v) is 4.93. The van der Waals surface area contributed by atoms with Crippen LogP contribution in [0.25, 0.3) is 0 Å². The Morgan fingerprint density at radius 2 is 2.00 bits per heavy atom. The second-order valence-electron chi connectivity index (χ2n) is 6.34. The summed E-state index contributed by atoms with van der Waals surface area (Å²) in [7, 11) is 0. The fraction of sp³-hybridized carbons (Fsp3) is 0.706. The van der Waals surface area contributed by atoms with Crippen LogP contribution in [0.3, 0.4) is 0 Å². The summed E-state index contributed by atoms with van der Waals surface area (Å²) < 4.78 is 5.74. The van der Waals surface area contributed by atoms with E-state index in [1.54, 1.807) is 0 Å². The molecule has 4 heteroatoms. The van der Waals surface area contributed by atoms with Crippen molar-refractivity contribution >= 4 is 0 Å². The Labute approximate surface area is 127 Å². The van der Waals surface area contributed by atoms with Gasteiger partial charge in [-0.1, -0.05) is 6.92 Å². The Morgan fingerprint density at radius 1 is 1.24 bits per heavy atom. The van der Waals surface area contributed by atoms with Crippen molar-refractivity contribution in [2.75, 3.05) is 32.8 Å². The molecule has 2 aliphatic rings. The highest BCUT2D eigenvalue weighted by molar-refractivity contribution is 5.11. The van der Waals surface area contributed by atoms with Crippen molar-refractivity contribution in [3.8, 4) is 0 Å². The largest absolute Gasteiger partial charge is 0.379 e. The summed E-state index contributed by atoms with van der Waals surface area (Å²) in [6.45, 7) is 7.65. The van der Waals surface area contributed by atoms with Crippen molar-refractivity contribution in [2.24, 2.45) is 5.92 Å². The van der Waals surface area contributed by atoms with Gasteiger partial charge in [0.15, 0.2) is 0 Å². The number of hydrogen-bond acceptors (Lipinski definition) is 4. The predicted octanol–water partition coefficient (Wildman–Crippen LogP) is 1.71. The minimum absolute atomic E-state index is 0.511. The first kappa shape index (κ1) is 14.9. The van der Waals surface area contributed by atoms with Crippen LogP contribution in [0.2, 0.25) is 0 Å². The van der Waals surface area contributed by atoms with Gasteiger partial charge in [0, 0.05) is 30.4 Å². The maximum Gasteiger partial charge on any atom is 0.0623 e. The van der Waals surface area contributed by atoms with Gasteiger partial charge in [0.05, 0.1) is 13.2 Å². The lowest BCUT2D eigenvalue weighted by molar-refractivity contribution is 0.173. The number of pyridine rings is 1. The van der Waals surface area contributed by atoms with E-state index < -0.39 is 0 Å². The molecule has 0 amide bonds. The van der Waals surface area contributed by atoms with Crippen molar-refractivity contribution in [3.63, 3.8) is 0 Å². The van der Waals surface area contributed by atoms with Crippen LogP contribution in [0.4, 0.5) is 0 Å². The molecule has 0 spiro atoms. The molecule has 3 heterocycles. The predicted molar refractivity (Wildman–Crippen MR) is 84.3 cm³/mol. The molecule has 3 rings (SSSR count). The zero-order valence-electron chi connectivity index (χ0n) is 13.0. The number of hydrogen-bond donors (Lipinski definition) is 1. The van der Waals surface area contributed by atoms with E-state index >= 15 is 0 Å². The monoisotopic (exact) mass is 289 g/mol. The van der Waals surface area contributed by atoms with Gasteiger partial charge in [-0.05, 0) is 56.6 Å². The lowest BCUT2D eigenvalue weighted by atomic mass is 9.93. The van der Waals surface area contributed by atoms with Gasteiger partial charge in [0.25, 0.3) is 0 Å². The van der Waals surface area contributed by atoms with Crippen molar-refractivity contribution < 1.29 is 4.74 Å². The summed E-state index contributed by atoms with van der Waals surface area (Å²) in [5.74, 6) is 0.594. The molecule has 2 saturated heterocycles. The van der Waals surface area contributed by atoms with E-state index in [-0.39, 0.29) is 0 Å². The molecule has 0 aliphatic carbocycles. The summed E-state index contributed by atoms with van der Waals surface area (Å²) in [6, 6.07) is 5.42. The lowest BCUT2D eigenvalue weighted by Crippen LogP contribution is -2.48. The average molecular weight is 289 g/mol. The van der Waals surface area contributed by atoms with Crippen molar-refractivity contribution in [1.82, 2.24) is 15.2 Å². The summed E-state index contributed by atoms with van der Waals surface area (Å²) >= 11 is 0. The van der Waals surface area contributed by atoms with Crippen LogP contribution >= 0.6 is 0 Å². The highest BCUT2D eigenvalue weighted by Crippen LogP contribution is 2.21. The highest BCUT2D eigenvalue weighted by atomic mass is 16.5. The highest BCUT2D eigenvalue weighted by Gasteiger charge is 2.31. The molecule has 0 aromatic carbocycles. The van der Waals surface area contributed by atoms with Crippen molar-refractivity contribution in [1.29, 1.82) is 0 Å².